The molecule has 0 saturated carbocycles. The van der Waals surface area contributed by atoms with Crippen molar-refractivity contribution in [3.63, 3.8) is 0 Å². The molecule has 0 amide bonds. The lowest BCUT2D eigenvalue weighted by Crippen LogP contribution is -2.28. The summed E-state index contributed by atoms with van der Waals surface area (Å²) in [6.07, 6.45) is 2.98. The molecule has 0 radical (unpaired) electrons. The van der Waals surface area contributed by atoms with Crippen LogP contribution in [0.15, 0.2) is 6.20 Å². The van der Waals surface area contributed by atoms with Gasteiger partial charge in [0.05, 0.1) is 11.3 Å². The van der Waals surface area contributed by atoms with E-state index in [-0.39, 0.29) is 5.60 Å². The molecule has 86 valence electrons. The number of aromatic nitrogens is 2. The van der Waals surface area contributed by atoms with Gasteiger partial charge in [-0.1, -0.05) is 6.92 Å². The number of hydroxylamine groups is 1. The number of hydrogen-bond acceptors (Lipinski definition) is 3. The van der Waals surface area contributed by atoms with Crippen LogP contribution in [0.4, 0.5) is 0 Å². The van der Waals surface area contributed by atoms with Crippen molar-refractivity contribution in [3.05, 3.63) is 17.5 Å². The Balaban J connectivity index is 2.50. The lowest BCUT2D eigenvalue weighted by atomic mass is 10.2. The lowest BCUT2D eigenvalue weighted by molar-refractivity contribution is -0.0758. The van der Waals surface area contributed by atoms with Gasteiger partial charge < -0.3 is 0 Å². The molecule has 0 saturated heterocycles. The molecule has 1 aromatic rings. The van der Waals surface area contributed by atoms with E-state index in [2.05, 4.69) is 17.5 Å². The highest BCUT2D eigenvalue weighted by Crippen LogP contribution is 2.08. The van der Waals surface area contributed by atoms with Crippen LogP contribution < -0.4 is 5.48 Å². The maximum atomic E-state index is 5.45. The molecular weight excluding hydrogens is 190 g/mol. The number of nitrogens with one attached hydrogen (secondary N) is 1. The first kappa shape index (κ1) is 12.2. The Kier molecular flexibility index (Phi) is 3.88. The summed E-state index contributed by atoms with van der Waals surface area (Å²) >= 11 is 0. The Morgan fingerprint density at radius 3 is 2.67 bits per heavy atom. The molecule has 1 N–H and O–H groups in total. The number of nitrogens with zero attached hydrogens (tertiary/aromatic N) is 2. The predicted octanol–water partition coefficient (Wildman–Crippen LogP) is 1.80. The molecule has 0 aliphatic carbocycles. The molecule has 1 heterocycles. The summed E-state index contributed by atoms with van der Waals surface area (Å²) in [6, 6.07) is 0. The summed E-state index contributed by atoms with van der Waals surface area (Å²) in [4.78, 5) is 5.45. The molecule has 0 bridgehead atoms. The van der Waals surface area contributed by atoms with Gasteiger partial charge in [-0.25, -0.2) is 0 Å². The van der Waals surface area contributed by atoms with Crippen LogP contribution in [-0.2, 0) is 24.9 Å². The normalized spacial score (nSPS) is 12.1. The summed E-state index contributed by atoms with van der Waals surface area (Å²) < 4.78 is 1.84. The first-order chi connectivity index (χ1) is 6.92. The van der Waals surface area contributed by atoms with E-state index in [0.29, 0.717) is 6.54 Å². The Morgan fingerprint density at radius 1 is 1.47 bits per heavy atom. The second-order valence-corrected chi connectivity index (χ2v) is 4.66. The Morgan fingerprint density at radius 2 is 2.13 bits per heavy atom. The van der Waals surface area contributed by atoms with Crippen molar-refractivity contribution in [1.82, 2.24) is 15.3 Å². The molecule has 4 heteroatoms. The molecule has 1 rings (SSSR count). The largest absolute Gasteiger partial charge is 0.296 e. The monoisotopic (exact) mass is 211 g/mol. The second-order valence-electron chi connectivity index (χ2n) is 4.66. The summed E-state index contributed by atoms with van der Waals surface area (Å²) in [6.45, 7) is 8.86. The van der Waals surface area contributed by atoms with Crippen LogP contribution in [0.5, 0.6) is 0 Å². The van der Waals surface area contributed by atoms with Gasteiger partial charge in [0.25, 0.3) is 0 Å². The summed E-state index contributed by atoms with van der Waals surface area (Å²) in [7, 11) is 1.94. The molecule has 0 aromatic carbocycles. The van der Waals surface area contributed by atoms with Crippen LogP contribution >= 0.6 is 0 Å². The molecule has 1 aromatic heterocycles. The van der Waals surface area contributed by atoms with Crippen LogP contribution in [-0.4, -0.2) is 15.4 Å². The fraction of sp³-hybridized carbons (Fsp3) is 0.727. The third-order valence-corrected chi connectivity index (χ3v) is 1.97. The van der Waals surface area contributed by atoms with Crippen LogP contribution in [0.25, 0.3) is 0 Å². The average molecular weight is 211 g/mol. The van der Waals surface area contributed by atoms with Crippen LogP contribution in [0.1, 0.15) is 39.0 Å². The lowest BCUT2D eigenvalue weighted by Gasteiger charge is -2.19. The van der Waals surface area contributed by atoms with Gasteiger partial charge in [-0.3, -0.25) is 9.52 Å². The molecule has 0 aliphatic rings. The van der Waals surface area contributed by atoms with Crippen molar-refractivity contribution in [1.29, 1.82) is 0 Å². The third-order valence-electron chi connectivity index (χ3n) is 1.97. The fourth-order valence-electron chi connectivity index (χ4n) is 1.36. The van der Waals surface area contributed by atoms with Crippen molar-refractivity contribution in [2.45, 2.75) is 46.3 Å². The zero-order valence-electron chi connectivity index (χ0n) is 10.3. The van der Waals surface area contributed by atoms with Crippen molar-refractivity contribution >= 4 is 0 Å². The van der Waals surface area contributed by atoms with Crippen molar-refractivity contribution < 1.29 is 4.84 Å². The van der Waals surface area contributed by atoms with Gasteiger partial charge in [-0.05, 0) is 27.2 Å². The fourth-order valence-corrected chi connectivity index (χ4v) is 1.36. The van der Waals surface area contributed by atoms with E-state index in [4.69, 9.17) is 4.84 Å². The van der Waals surface area contributed by atoms with Crippen LogP contribution in [0.3, 0.4) is 0 Å². The maximum Gasteiger partial charge on any atom is 0.0813 e. The van der Waals surface area contributed by atoms with Crippen molar-refractivity contribution in [2.75, 3.05) is 0 Å². The summed E-state index contributed by atoms with van der Waals surface area (Å²) in [5.41, 5.74) is 5.14. The number of hydrogen-bond donors (Lipinski definition) is 1. The van der Waals surface area contributed by atoms with E-state index >= 15 is 0 Å². The minimum atomic E-state index is -0.158. The zero-order chi connectivity index (χ0) is 11.5. The minimum Gasteiger partial charge on any atom is -0.296 e. The highest BCUT2D eigenvalue weighted by molar-refractivity contribution is 5.16. The predicted molar refractivity (Wildman–Crippen MR) is 60.3 cm³/mol. The zero-order valence-corrected chi connectivity index (χ0v) is 10.3. The molecule has 0 atom stereocenters. The molecule has 0 aliphatic heterocycles. The van der Waals surface area contributed by atoms with Gasteiger partial charge in [-0.2, -0.15) is 10.6 Å². The van der Waals surface area contributed by atoms with Gasteiger partial charge in [0.2, 0.25) is 0 Å². The minimum absolute atomic E-state index is 0.158. The standard InChI is InChI=1S/C11H21N3O/c1-6-10-9(8-14(5)13-10)7-12-15-11(2,3)4/h8,12H,6-7H2,1-5H3. The summed E-state index contributed by atoms with van der Waals surface area (Å²) in [5, 5.41) is 4.37. The molecule has 0 fully saturated rings. The second kappa shape index (κ2) is 4.77. The van der Waals surface area contributed by atoms with Gasteiger partial charge in [-0.15, -0.1) is 0 Å². The first-order valence-corrected chi connectivity index (χ1v) is 5.34. The van der Waals surface area contributed by atoms with Gasteiger partial charge in [0, 0.05) is 25.4 Å². The molecule has 4 nitrogen and oxygen atoms in total. The van der Waals surface area contributed by atoms with E-state index < -0.39 is 0 Å². The number of rotatable bonds is 4. The van der Waals surface area contributed by atoms with Gasteiger partial charge >= 0.3 is 0 Å². The Bertz CT molecular complexity index is 312. The SMILES string of the molecule is CCc1nn(C)cc1CNOC(C)(C)C. The van der Waals surface area contributed by atoms with E-state index in [0.717, 1.165) is 12.1 Å². The smallest absolute Gasteiger partial charge is 0.0813 e. The topological polar surface area (TPSA) is 39.1 Å². The van der Waals surface area contributed by atoms with Gasteiger partial charge in [0.1, 0.15) is 0 Å². The first-order valence-electron chi connectivity index (χ1n) is 5.34. The van der Waals surface area contributed by atoms with E-state index in [1.54, 1.807) is 0 Å². The third kappa shape index (κ3) is 4.01. The van der Waals surface area contributed by atoms with Crippen LogP contribution in [0.2, 0.25) is 0 Å². The molecule has 15 heavy (non-hydrogen) atoms. The Hall–Kier alpha value is -0.870. The van der Waals surface area contributed by atoms with E-state index in [1.807, 2.05) is 38.7 Å². The molecule has 0 unspecified atom stereocenters. The average Bonchev–Trinajstić information content (AvgIpc) is 2.44. The van der Waals surface area contributed by atoms with Gasteiger partial charge in [0.15, 0.2) is 0 Å². The van der Waals surface area contributed by atoms with Crippen molar-refractivity contribution in [3.8, 4) is 0 Å². The highest BCUT2D eigenvalue weighted by atomic mass is 16.7. The number of aryl methyl sites for hydroxylation is 2. The molecular formula is C11H21N3O. The Labute approximate surface area is 91.6 Å². The highest BCUT2D eigenvalue weighted by Gasteiger charge is 2.11. The van der Waals surface area contributed by atoms with E-state index in [1.165, 1.54) is 5.56 Å². The summed E-state index contributed by atoms with van der Waals surface area (Å²) in [5.74, 6) is 0. The van der Waals surface area contributed by atoms with Crippen LogP contribution in [0, 0.1) is 0 Å². The van der Waals surface area contributed by atoms with E-state index in [9.17, 15) is 0 Å². The maximum absolute atomic E-state index is 5.45. The quantitative estimate of drug-likeness (QED) is 0.772. The molecule has 0 spiro atoms. The van der Waals surface area contributed by atoms with Crippen molar-refractivity contribution in [2.24, 2.45) is 7.05 Å².